The van der Waals surface area contributed by atoms with E-state index < -0.39 is 0 Å². The van der Waals surface area contributed by atoms with Crippen LogP contribution in [0.2, 0.25) is 0 Å². The van der Waals surface area contributed by atoms with Crippen LogP contribution in [-0.2, 0) is 12.8 Å². The Kier molecular flexibility index (Phi) is 5.47. The molecule has 0 bridgehead atoms. The lowest BCUT2D eigenvalue weighted by atomic mass is 10.00. The van der Waals surface area contributed by atoms with E-state index >= 15 is 0 Å². The molecule has 1 aromatic rings. The fourth-order valence-electron chi connectivity index (χ4n) is 1.64. The second-order valence-corrected chi connectivity index (χ2v) is 4.78. The summed E-state index contributed by atoms with van der Waals surface area (Å²) < 4.78 is 5.35. The Hall–Kier alpha value is -0.220. The van der Waals surface area contributed by atoms with Crippen LogP contribution in [0.4, 0.5) is 5.69 Å². The Labute approximate surface area is 107 Å². The van der Waals surface area contributed by atoms with Crippen LogP contribution in [0.25, 0.3) is 0 Å². The van der Waals surface area contributed by atoms with Crippen molar-refractivity contribution in [3.63, 3.8) is 0 Å². The molecular weight excluding hydrogens is 322 g/mol. The molecule has 0 saturated heterocycles. The third-order valence-corrected chi connectivity index (χ3v) is 3.13. The largest absolute Gasteiger partial charge is 0.496 e. The number of methoxy groups -OCH3 is 1. The fraction of sp³-hybridized carbons (Fsp3) is 0.455. The number of nitrogens with two attached hydrogens (primary N) is 1. The zero-order chi connectivity index (χ0) is 11.3. The first-order chi connectivity index (χ1) is 7.24. The average molecular weight is 337 g/mol. The molecular formula is C11H15Br2NO. The summed E-state index contributed by atoms with van der Waals surface area (Å²) in [5.41, 5.74) is 9.24. The molecule has 84 valence electrons. The van der Waals surface area contributed by atoms with Gasteiger partial charge in [-0.3, -0.25) is 0 Å². The van der Waals surface area contributed by atoms with Gasteiger partial charge < -0.3 is 10.5 Å². The van der Waals surface area contributed by atoms with Crippen LogP contribution in [0.5, 0.6) is 5.75 Å². The zero-order valence-electron chi connectivity index (χ0n) is 8.72. The molecule has 0 saturated carbocycles. The number of anilines is 1. The van der Waals surface area contributed by atoms with Crippen molar-refractivity contribution in [2.75, 3.05) is 23.5 Å². The summed E-state index contributed by atoms with van der Waals surface area (Å²) in [6, 6.07) is 3.85. The van der Waals surface area contributed by atoms with E-state index in [1.54, 1.807) is 7.11 Å². The van der Waals surface area contributed by atoms with Crippen molar-refractivity contribution in [3.05, 3.63) is 23.3 Å². The number of halogens is 2. The normalized spacial score (nSPS) is 10.3. The molecule has 2 nitrogen and oxygen atoms in total. The van der Waals surface area contributed by atoms with E-state index in [4.69, 9.17) is 10.5 Å². The molecule has 0 aliphatic carbocycles. The van der Waals surface area contributed by atoms with Crippen LogP contribution in [0.1, 0.15) is 11.1 Å². The van der Waals surface area contributed by atoms with Gasteiger partial charge in [0.25, 0.3) is 0 Å². The highest BCUT2D eigenvalue weighted by atomic mass is 79.9. The van der Waals surface area contributed by atoms with Crippen LogP contribution in [0, 0.1) is 0 Å². The maximum Gasteiger partial charge on any atom is 0.122 e. The van der Waals surface area contributed by atoms with Crippen molar-refractivity contribution >= 4 is 37.5 Å². The molecule has 0 heterocycles. The topological polar surface area (TPSA) is 35.2 Å². The number of hydrogen-bond donors (Lipinski definition) is 1. The van der Waals surface area contributed by atoms with E-state index in [-0.39, 0.29) is 0 Å². The van der Waals surface area contributed by atoms with Gasteiger partial charge in [0.05, 0.1) is 7.11 Å². The second-order valence-electron chi connectivity index (χ2n) is 3.19. The molecule has 1 aromatic carbocycles. The van der Waals surface area contributed by atoms with Crippen LogP contribution in [0.15, 0.2) is 12.1 Å². The van der Waals surface area contributed by atoms with Crippen LogP contribution >= 0.6 is 31.9 Å². The van der Waals surface area contributed by atoms with E-state index in [9.17, 15) is 0 Å². The minimum absolute atomic E-state index is 0.853. The highest BCUT2D eigenvalue weighted by Crippen LogP contribution is 2.28. The summed E-state index contributed by atoms with van der Waals surface area (Å²) in [6.45, 7) is 0. The average Bonchev–Trinajstić information content (AvgIpc) is 2.24. The molecule has 0 atom stereocenters. The van der Waals surface area contributed by atoms with Gasteiger partial charge in [-0.1, -0.05) is 31.9 Å². The third-order valence-electron chi connectivity index (χ3n) is 2.33. The molecule has 15 heavy (non-hydrogen) atoms. The van der Waals surface area contributed by atoms with Gasteiger partial charge in [0.1, 0.15) is 5.75 Å². The summed E-state index contributed by atoms with van der Waals surface area (Å²) in [5.74, 6) is 0.930. The van der Waals surface area contributed by atoms with Crippen LogP contribution < -0.4 is 10.5 Å². The number of ether oxygens (including phenoxy) is 1. The number of rotatable bonds is 5. The minimum atomic E-state index is 0.853. The lowest BCUT2D eigenvalue weighted by molar-refractivity contribution is 0.409. The predicted octanol–water partition coefficient (Wildman–Crippen LogP) is 3.15. The van der Waals surface area contributed by atoms with Gasteiger partial charge in [0.15, 0.2) is 0 Å². The Morgan fingerprint density at radius 3 is 2.27 bits per heavy atom. The van der Waals surface area contributed by atoms with Crippen molar-refractivity contribution in [2.45, 2.75) is 12.8 Å². The molecule has 4 heteroatoms. The van der Waals surface area contributed by atoms with Crippen LogP contribution in [-0.4, -0.2) is 17.8 Å². The van der Waals surface area contributed by atoms with Gasteiger partial charge >= 0.3 is 0 Å². The standard InChI is InChI=1S/C11H15Br2NO/c1-15-11-3-2-10(14)8(4-6-12)9(11)5-7-13/h2-3H,4-7,14H2,1H3. The lowest BCUT2D eigenvalue weighted by Crippen LogP contribution is -2.04. The van der Waals surface area contributed by atoms with Gasteiger partial charge in [-0.2, -0.15) is 0 Å². The second kappa shape index (κ2) is 6.38. The van der Waals surface area contributed by atoms with Crippen molar-refractivity contribution in [3.8, 4) is 5.75 Å². The smallest absolute Gasteiger partial charge is 0.122 e. The third kappa shape index (κ3) is 3.11. The first-order valence-corrected chi connectivity index (χ1v) is 7.05. The Morgan fingerprint density at radius 2 is 1.73 bits per heavy atom. The molecule has 0 amide bonds. The minimum Gasteiger partial charge on any atom is -0.496 e. The number of benzene rings is 1. The quantitative estimate of drug-likeness (QED) is 0.662. The molecule has 1 rings (SSSR count). The van der Waals surface area contributed by atoms with E-state index in [0.29, 0.717) is 0 Å². The van der Waals surface area contributed by atoms with Gasteiger partial charge in [-0.05, 0) is 30.5 Å². The monoisotopic (exact) mass is 335 g/mol. The van der Waals surface area contributed by atoms with E-state index in [1.165, 1.54) is 11.1 Å². The van der Waals surface area contributed by atoms with Crippen LogP contribution in [0.3, 0.4) is 0 Å². The zero-order valence-corrected chi connectivity index (χ0v) is 11.9. The molecule has 0 aliphatic heterocycles. The summed E-state index contributed by atoms with van der Waals surface area (Å²) in [4.78, 5) is 0. The van der Waals surface area contributed by atoms with E-state index in [0.717, 1.165) is 34.9 Å². The summed E-state index contributed by atoms with van der Waals surface area (Å²) >= 11 is 6.90. The molecule has 0 aromatic heterocycles. The first-order valence-electron chi connectivity index (χ1n) is 4.80. The number of alkyl halides is 2. The fourth-order valence-corrected chi connectivity index (χ4v) is 2.43. The summed E-state index contributed by atoms with van der Waals surface area (Å²) in [7, 11) is 1.70. The maximum absolute atomic E-state index is 5.97. The van der Waals surface area contributed by atoms with Gasteiger partial charge in [-0.25, -0.2) is 0 Å². The lowest BCUT2D eigenvalue weighted by Gasteiger charge is -2.14. The predicted molar refractivity (Wildman–Crippen MR) is 72.4 cm³/mol. The summed E-state index contributed by atoms with van der Waals surface area (Å²) in [6.07, 6.45) is 1.88. The summed E-state index contributed by atoms with van der Waals surface area (Å²) in [5, 5.41) is 1.84. The SMILES string of the molecule is COc1ccc(N)c(CCBr)c1CCBr. The van der Waals surface area contributed by atoms with Crippen molar-refractivity contribution < 1.29 is 4.74 Å². The number of hydrogen-bond acceptors (Lipinski definition) is 2. The highest BCUT2D eigenvalue weighted by Gasteiger charge is 2.11. The Morgan fingerprint density at radius 1 is 1.13 bits per heavy atom. The van der Waals surface area contributed by atoms with Gasteiger partial charge in [0, 0.05) is 21.9 Å². The molecule has 0 aliphatic rings. The molecule has 0 fully saturated rings. The Bertz CT molecular complexity index is 329. The Balaban J connectivity index is 3.17. The first kappa shape index (κ1) is 12.8. The van der Waals surface area contributed by atoms with Gasteiger partial charge in [-0.15, -0.1) is 0 Å². The van der Waals surface area contributed by atoms with Crippen molar-refractivity contribution in [2.24, 2.45) is 0 Å². The highest BCUT2D eigenvalue weighted by molar-refractivity contribution is 9.09. The molecule has 0 spiro atoms. The number of nitrogen functional groups attached to an aromatic ring is 1. The molecule has 2 N–H and O–H groups in total. The van der Waals surface area contributed by atoms with Crippen molar-refractivity contribution in [1.29, 1.82) is 0 Å². The van der Waals surface area contributed by atoms with E-state index in [2.05, 4.69) is 31.9 Å². The van der Waals surface area contributed by atoms with Gasteiger partial charge in [0.2, 0.25) is 0 Å². The molecule has 0 unspecified atom stereocenters. The van der Waals surface area contributed by atoms with E-state index in [1.807, 2.05) is 12.1 Å². The van der Waals surface area contributed by atoms with Crippen molar-refractivity contribution in [1.82, 2.24) is 0 Å². The maximum atomic E-state index is 5.97. The molecule has 0 radical (unpaired) electrons.